The van der Waals surface area contributed by atoms with E-state index >= 15 is 0 Å². The topological polar surface area (TPSA) is 151 Å². The molecule has 1 aromatic rings. The van der Waals surface area contributed by atoms with Gasteiger partial charge in [0, 0.05) is 13.1 Å². The first-order valence-electron chi connectivity index (χ1n) is 9.84. The molecule has 1 rings (SSSR count). The number of rotatable bonds is 10. The largest absolute Gasteiger partial charge is 0.473 e. The van der Waals surface area contributed by atoms with Gasteiger partial charge in [-0.1, -0.05) is 43.8 Å². The van der Waals surface area contributed by atoms with Crippen molar-refractivity contribution in [3.63, 3.8) is 0 Å². The van der Waals surface area contributed by atoms with Gasteiger partial charge in [-0.15, -0.1) is 4.99 Å². The zero-order chi connectivity index (χ0) is 24.6. The van der Waals surface area contributed by atoms with Gasteiger partial charge in [0.25, 0.3) is 0 Å². The zero-order valence-corrected chi connectivity index (χ0v) is 20.1. The number of carboxylic acid groups (broad SMARTS) is 2. The molecule has 2 N–H and O–H groups in total. The Bertz CT molecular complexity index is 869. The van der Waals surface area contributed by atoms with E-state index in [9.17, 15) is 8.42 Å². The second-order valence-corrected chi connectivity index (χ2v) is 9.19. The maximum absolute atomic E-state index is 12.5. The lowest BCUT2D eigenvalue weighted by Crippen LogP contribution is -2.36. The zero-order valence-electron chi connectivity index (χ0n) is 18.5. The van der Waals surface area contributed by atoms with Crippen molar-refractivity contribution in [1.29, 1.82) is 5.26 Å². The molecule has 0 fully saturated rings. The maximum atomic E-state index is 12.5. The molecule has 0 radical (unpaired) electrons. The van der Waals surface area contributed by atoms with Crippen molar-refractivity contribution < 1.29 is 28.2 Å². The highest BCUT2D eigenvalue weighted by atomic mass is 32.2. The van der Waals surface area contributed by atoms with E-state index in [-0.39, 0.29) is 5.75 Å². The third-order valence-electron chi connectivity index (χ3n) is 4.31. The lowest BCUT2D eigenvalue weighted by molar-refractivity contribution is -0.159. The fraction of sp³-hybridized carbons (Fsp3) is 0.500. The Kier molecular flexibility index (Phi) is 14.8. The Labute approximate surface area is 193 Å². The summed E-state index contributed by atoms with van der Waals surface area (Å²) < 4.78 is 25.1. The second-order valence-electron chi connectivity index (χ2n) is 6.31. The monoisotopic (exact) mass is 486 g/mol. The number of thioether (sulfide) groups is 1. The number of nitrogens with zero attached hydrogens (tertiary/aromatic N) is 4. The smallest absolute Gasteiger partial charge is 0.414 e. The predicted octanol–water partition coefficient (Wildman–Crippen LogP) is 1.85. The molecule has 12 heteroatoms. The lowest BCUT2D eigenvalue weighted by atomic mass is 10.3. The van der Waals surface area contributed by atoms with Gasteiger partial charge in [0.2, 0.25) is 6.19 Å². The van der Waals surface area contributed by atoms with E-state index in [4.69, 9.17) is 25.1 Å². The summed E-state index contributed by atoms with van der Waals surface area (Å²) in [6, 6.07) is 8.46. The number of amidine groups is 1. The summed E-state index contributed by atoms with van der Waals surface area (Å²) >= 11 is 1.36. The van der Waals surface area contributed by atoms with Crippen molar-refractivity contribution in [3.8, 4) is 6.19 Å². The number of hydrogen-bond donors (Lipinski definition) is 2. The first kappa shape index (κ1) is 29.4. The standard InChI is InChI=1S/C18H28N4O2S2.C2H2O4/c1-4-21(5-2)12-9-13-22(18(25-3)20-16-19)14-15-26(23,24)17-10-7-6-8-11-17;3-1(4)2(5)6/h6-8,10-11H,4-5,9,12-15H2,1-3H3;(H,3,4)(H,5,6)/b20-18-;. The summed E-state index contributed by atoms with van der Waals surface area (Å²) in [6.45, 7) is 8.14. The van der Waals surface area contributed by atoms with Crippen molar-refractivity contribution in [2.24, 2.45) is 4.99 Å². The van der Waals surface area contributed by atoms with Crippen LogP contribution in [0.5, 0.6) is 0 Å². The number of benzene rings is 1. The van der Waals surface area contributed by atoms with E-state index in [0.29, 0.717) is 23.2 Å². The molecule has 0 amide bonds. The highest BCUT2D eigenvalue weighted by Crippen LogP contribution is 2.13. The lowest BCUT2D eigenvalue weighted by Gasteiger charge is -2.26. The molecular weight excluding hydrogens is 456 g/mol. The van der Waals surface area contributed by atoms with Gasteiger partial charge in [0.05, 0.1) is 10.6 Å². The van der Waals surface area contributed by atoms with Crippen LogP contribution in [-0.2, 0) is 19.4 Å². The first-order chi connectivity index (χ1) is 15.1. The van der Waals surface area contributed by atoms with Crippen LogP contribution in [0.3, 0.4) is 0 Å². The number of nitriles is 1. The van der Waals surface area contributed by atoms with E-state index in [0.717, 1.165) is 26.1 Å². The molecule has 0 aliphatic carbocycles. The van der Waals surface area contributed by atoms with Crippen LogP contribution in [0.1, 0.15) is 20.3 Å². The van der Waals surface area contributed by atoms with Gasteiger partial charge in [-0.2, -0.15) is 5.26 Å². The van der Waals surface area contributed by atoms with E-state index < -0.39 is 21.8 Å². The Morgan fingerprint density at radius 2 is 1.62 bits per heavy atom. The predicted molar refractivity (Wildman–Crippen MR) is 124 cm³/mol. The van der Waals surface area contributed by atoms with Crippen LogP contribution in [0, 0.1) is 11.5 Å². The quantitative estimate of drug-likeness (QED) is 0.217. The van der Waals surface area contributed by atoms with Crippen LogP contribution in [0.2, 0.25) is 0 Å². The van der Waals surface area contributed by atoms with Crippen molar-refractivity contribution in [1.82, 2.24) is 9.80 Å². The molecule has 0 atom stereocenters. The van der Waals surface area contributed by atoms with Crippen LogP contribution in [-0.4, -0.2) is 90.3 Å². The van der Waals surface area contributed by atoms with E-state index in [2.05, 4.69) is 23.7 Å². The summed E-state index contributed by atoms with van der Waals surface area (Å²) in [6.07, 6.45) is 4.55. The first-order valence-corrected chi connectivity index (χ1v) is 12.7. The molecule has 0 bridgehead atoms. The minimum absolute atomic E-state index is 0.00666. The number of carboxylic acids is 2. The highest BCUT2D eigenvalue weighted by Gasteiger charge is 2.18. The van der Waals surface area contributed by atoms with E-state index in [1.807, 2.05) is 17.3 Å². The molecule has 0 saturated carbocycles. The van der Waals surface area contributed by atoms with E-state index in [1.54, 1.807) is 30.3 Å². The fourth-order valence-corrected chi connectivity index (χ4v) is 4.43. The number of hydrogen-bond acceptors (Lipinski definition) is 8. The van der Waals surface area contributed by atoms with Crippen molar-refractivity contribution in [3.05, 3.63) is 30.3 Å². The molecule has 0 saturated heterocycles. The summed E-state index contributed by atoms with van der Waals surface area (Å²) in [5.41, 5.74) is 0. The SMILES string of the molecule is CCN(CC)CCCN(CCS(=O)(=O)c1ccccc1)/C(=N/C#N)SC.O=C(O)C(=O)O. The normalized spacial score (nSPS) is 11.3. The molecular formula is C20H30N4O6S2. The van der Waals surface area contributed by atoms with Gasteiger partial charge >= 0.3 is 11.9 Å². The summed E-state index contributed by atoms with van der Waals surface area (Å²) in [7, 11) is -3.36. The number of aliphatic imine (C=N–C) groups is 1. The number of carbonyl (C=O) groups is 2. The Morgan fingerprint density at radius 1 is 1.06 bits per heavy atom. The van der Waals surface area contributed by atoms with Gasteiger partial charge in [-0.05, 0) is 44.4 Å². The van der Waals surface area contributed by atoms with Crippen LogP contribution in [0.25, 0.3) is 0 Å². The molecule has 178 valence electrons. The second kappa shape index (κ2) is 16.1. The van der Waals surface area contributed by atoms with Crippen LogP contribution < -0.4 is 0 Å². The van der Waals surface area contributed by atoms with E-state index in [1.165, 1.54) is 11.8 Å². The highest BCUT2D eigenvalue weighted by molar-refractivity contribution is 8.13. The minimum Gasteiger partial charge on any atom is -0.473 e. The van der Waals surface area contributed by atoms with Crippen molar-refractivity contribution in [2.45, 2.75) is 25.2 Å². The molecule has 32 heavy (non-hydrogen) atoms. The Balaban J connectivity index is 0.00000140. The molecule has 0 spiro atoms. The molecule has 0 unspecified atom stereocenters. The number of sulfone groups is 1. The van der Waals surface area contributed by atoms with Crippen LogP contribution in [0.15, 0.2) is 40.2 Å². The molecule has 0 aliphatic heterocycles. The van der Waals surface area contributed by atoms with Gasteiger partial charge in [-0.3, -0.25) is 0 Å². The maximum Gasteiger partial charge on any atom is 0.414 e. The van der Waals surface area contributed by atoms with Crippen molar-refractivity contribution in [2.75, 3.05) is 44.7 Å². The van der Waals surface area contributed by atoms with Crippen molar-refractivity contribution >= 4 is 38.7 Å². The third-order valence-corrected chi connectivity index (χ3v) is 6.74. The molecule has 0 heterocycles. The third kappa shape index (κ3) is 11.7. The fourth-order valence-electron chi connectivity index (χ4n) is 2.59. The molecule has 1 aromatic carbocycles. The average molecular weight is 487 g/mol. The summed E-state index contributed by atoms with van der Waals surface area (Å²) in [5, 5.41) is 24.3. The van der Waals surface area contributed by atoms with Gasteiger partial charge < -0.3 is 20.0 Å². The molecule has 0 aromatic heterocycles. The van der Waals surface area contributed by atoms with Gasteiger partial charge in [-0.25, -0.2) is 18.0 Å². The average Bonchev–Trinajstić information content (AvgIpc) is 2.78. The summed E-state index contributed by atoms with van der Waals surface area (Å²) in [5.74, 6) is -3.65. The number of aliphatic carboxylic acids is 2. The van der Waals surface area contributed by atoms with Gasteiger partial charge in [0.15, 0.2) is 15.0 Å². The summed E-state index contributed by atoms with van der Waals surface area (Å²) in [4.78, 5) is 26.6. The molecule has 10 nitrogen and oxygen atoms in total. The van der Waals surface area contributed by atoms with Crippen LogP contribution >= 0.6 is 11.8 Å². The minimum atomic E-state index is -3.36. The van der Waals surface area contributed by atoms with Crippen LogP contribution in [0.4, 0.5) is 0 Å². The van der Waals surface area contributed by atoms with Gasteiger partial charge in [0.1, 0.15) is 0 Å². The Morgan fingerprint density at radius 3 is 2.06 bits per heavy atom. The Hall–Kier alpha value is -2.62. The molecule has 0 aliphatic rings.